The van der Waals surface area contributed by atoms with Crippen molar-refractivity contribution in [2.75, 3.05) is 18.1 Å². The monoisotopic (exact) mass is 356 g/mol. The van der Waals surface area contributed by atoms with Crippen LogP contribution in [0.5, 0.6) is 0 Å². The van der Waals surface area contributed by atoms with Crippen LogP contribution in [-0.2, 0) is 9.53 Å². The molecule has 0 atom stereocenters. The minimum absolute atomic E-state index is 0.226. The van der Waals surface area contributed by atoms with Gasteiger partial charge in [0, 0.05) is 21.8 Å². The summed E-state index contributed by atoms with van der Waals surface area (Å²) in [6, 6.07) is 6.13. The van der Waals surface area contributed by atoms with E-state index in [0.29, 0.717) is 17.6 Å². The number of anilines is 1. The fourth-order valence-corrected chi connectivity index (χ4v) is 2.62. The Morgan fingerprint density at radius 3 is 2.80 bits per heavy atom. The summed E-state index contributed by atoms with van der Waals surface area (Å²) in [7, 11) is 0. The lowest BCUT2D eigenvalue weighted by molar-refractivity contribution is -0.141. The van der Waals surface area contributed by atoms with Gasteiger partial charge in [0.05, 0.1) is 6.61 Å². The maximum atomic E-state index is 11.8. The summed E-state index contributed by atoms with van der Waals surface area (Å²) < 4.78 is 5.95. The molecule has 1 aliphatic rings. The van der Waals surface area contributed by atoms with Crippen molar-refractivity contribution in [3.05, 3.63) is 28.2 Å². The maximum absolute atomic E-state index is 11.8. The van der Waals surface area contributed by atoms with E-state index >= 15 is 0 Å². The number of nitrogens with zero attached hydrogens (tertiary/aromatic N) is 1. The quantitative estimate of drug-likeness (QED) is 0.627. The molecule has 1 aromatic carbocycles. The van der Waals surface area contributed by atoms with Crippen molar-refractivity contribution in [2.24, 2.45) is 5.73 Å². The first-order chi connectivity index (χ1) is 9.52. The zero-order valence-corrected chi connectivity index (χ0v) is 13.7. The van der Waals surface area contributed by atoms with Crippen molar-refractivity contribution in [3.63, 3.8) is 0 Å². The van der Waals surface area contributed by atoms with E-state index in [2.05, 4.69) is 15.9 Å². The average molecular weight is 357 g/mol. The molecule has 1 aromatic rings. The molecule has 0 bridgehead atoms. The topological polar surface area (TPSA) is 55.6 Å². The highest BCUT2D eigenvalue weighted by atomic mass is 79.9. The van der Waals surface area contributed by atoms with E-state index in [1.165, 1.54) is 0 Å². The highest BCUT2D eigenvalue weighted by molar-refractivity contribution is 9.10. The van der Waals surface area contributed by atoms with Crippen LogP contribution in [0.25, 0.3) is 0 Å². The van der Waals surface area contributed by atoms with Crippen LogP contribution < -0.4 is 10.6 Å². The second-order valence-corrected chi connectivity index (χ2v) is 6.05. The van der Waals surface area contributed by atoms with Gasteiger partial charge in [0.2, 0.25) is 0 Å². The van der Waals surface area contributed by atoms with E-state index in [1.54, 1.807) is 6.92 Å². The first-order valence-corrected chi connectivity index (χ1v) is 7.74. The van der Waals surface area contributed by atoms with Crippen LogP contribution >= 0.6 is 28.1 Å². The molecule has 108 valence electrons. The third-order valence-corrected chi connectivity index (χ3v) is 3.84. The molecule has 0 radical (unpaired) electrons. The van der Waals surface area contributed by atoms with E-state index in [9.17, 15) is 4.79 Å². The molecule has 2 rings (SSSR count). The molecule has 1 aliphatic carbocycles. The van der Waals surface area contributed by atoms with E-state index in [4.69, 9.17) is 22.7 Å². The Balaban J connectivity index is 2.29. The SMILES string of the molecule is CCOC(=O)CN(c1ccc(Br)cc1C(N)=S)C1CC1. The Labute approximate surface area is 132 Å². The Kier molecular flexibility index (Phi) is 4.99. The predicted octanol–water partition coefficient (Wildman–Crippen LogP) is 2.62. The Morgan fingerprint density at radius 1 is 1.55 bits per heavy atom. The average Bonchev–Trinajstić information content (AvgIpc) is 3.20. The zero-order chi connectivity index (χ0) is 14.7. The van der Waals surface area contributed by atoms with Crippen LogP contribution in [0, 0.1) is 0 Å². The fraction of sp³-hybridized carbons (Fsp3) is 0.429. The van der Waals surface area contributed by atoms with Gasteiger partial charge in [-0.1, -0.05) is 28.1 Å². The third-order valence-electron chi connectivity index (χ3n) is 3.13. The molecule has 0 saturated heterocycles. The normalized spacial score (nSPS) is 13.9. The van der Waals surface area contributed by atoms with Crippen LogP contribution in [-0.4, -0.2) is 30.2 Å². The van der Waals surface area contributed by atoms with Gasteiger partial charge in [0.25, 0.3) is 0 Å². The molecule has 0 aliphatic heterocycles. The van der Waals surface area contributed by atoms with Gasteiger partial charge in [-0.2, -0.15) is 0 Å². The number of hydrogen-bond donors (Lipinski definition) is 1. The van der Waals surface area contributed by atoms with E-state index in [0.717, 1.165) is 28.6 Å². The molecule has 1 fully saturated rings. The number of esters is 1. The highest BCUT2D eigenvalue weighted by Crippen LogP contribution is 2.34. The second-order valence-electron chi connectivity index (χ2n) is 4.69. The number of nitrogens with two attached hydrogens (primary N) is 1. The summed E-state index contributed by atoms with van der Waals surface area (Å²) in [4.78, 5) is 14.1. The van der Waals surface area contributed by atoms with Gasteiger partial charge in [-0.05, 0) is 38.0 Å². The van der Waals surface area contributed by atoms with Crippen LogP contribution in [0.2, 0.25) is 0 Å². The summed E-state index contributed by atoms with van der Waals surface area (Å²) in [5.41, 5.74) is 7.48. The number of benzene rings is 1. The number of carbonyl (C=O) groups excluding carboxylic acids is 1. The van der Waals surface area contributed by atoms with Crippen LogP contribution in [0.1, 0.15) is 25.3 Å². The molecule has 0 heterocycles. The molecule has 0 aromatic heterocycles. The van der Waals surface area contributed by atoms with Gasteiger partial charge in [0.1, 0.15) is 11.5 Å². The van der Waals surface area contributed by atoms with E-state index < -0.39 is 0 Å². The number of ether oxygens (including phenoxy) is 1. The molecule has 0 amide bonds. The van der Waals surface area contributed by atoms with Crippen molar-refractivity contribution >= 4 is 44.8 Å². The summed E-state index contributed by atoms with van der Waals surface area (Å²) in [5, 5.41) is 0. The van der Waals surface area contributed by atoms with E-state index in [-0.39, 0.29) is 12.5 Å². The number of hydrogen-bond acceptors (Lipinski definition) is 4. The first kappa shape index (κ1) is 15.3. The van der Waals surface area contributed by atoms with Crippen molar-refractivity contribution in [1.29, 1.82) is 0 Å². The largest absolute Gasteiger partial charge is 0.465 e. The predicted molar refractivity (Wildman–Crippen MR) is 87.0 cm³/mol. The molecule has 4 nitrogen and oxygen atoms in total. The summed E-state index contributed by atoms with van der Waals surface area (Å²) in [5.74, 6) is -0.226. The number of carbonyl (C=O) groups is 1. The Morgan fingerprint density at radius 2 is 2.25 bits per heavy atom. The summed E-state index contributed by atoms with van der Waals surface area (Å²) in [6.07, 6.45) is 2.15. The lowest BCUT2D eigenvalue weighted by atomic mass is 10.1. The fourth-order valence-electron chi connectivity index (χ4n) is 2.10. The van der Waals surface area contributed by atoms with Crippen molar-refractivity contribution in [2.45, 2.75) is 25.8 Å². The van der Waals surface area contributed by atoms with Gasteiger partial charge >= 0.3 is 5.97 Å². The highest BCUT2D eigenvalue weighted by Gasteiger charge is 2.32. The smallest absolute Gasteiger partial charge is 0.325 e. The summed E-state index contributed by atoms with van der Waals surface area (Å²) in [6.45, 7) is 2.43. The summed E-state index contributed by atoms with van der Waals surface area (Å²) >= 11 is 8.53. The molecular weight excluding hydrogens is 340 g/mol. The number of thiocarbonyl (C=S) groups is 1. The minimum Gasteiger partial charge on any atom is -0.465 e. The van der Waals surface area contributed by atoms with Crippen molar-refractivity contribution in [1.82, 2.24) is 0 Å². The van der Waals surface area contributed by atoms with Gasteiger partial charge in [-0.3, -0.25) is 4.79 Å². The molecular formula is C14H17BrN2O2S. The molecule has 2 N–H and O–H groups in total. The van der Waals surface area contributed by atoms with Gasteiger partial charge in [-0.15, -0.1) is 0 Å². The standard InChI is InChI=1S/C14H17BrN2O2S/c1-2-19-13(18)8-17(10-4-5-10)12-6-3-9(15)7-11(12)14(16)20/h3,6-7,10H,2,4-5,8H2,1H3,(H2,16,20). The molecule has 0 unspecified atom stereocenters. The van der Waals surface area contributed by atoms with Crippen molar-refractivity contribution < 1.29 is 9.53 Å². The van der Waals surface area contributed by atoms with Gasteiger partial charge in [-0.25, -0.2) is 0 Å². The van der Waals surface area contributed by atoms with Crippen LogP contribution in [0.4, 0.5) is 5.69 Å². The molecule has 6 heteroatoms. The van der Waals surface area contributed by atoms with Crippen molar-refractivity contribution in [3.8, 4) is 0 Å². The van der Waals surface area contributed by atoms with Gasteiger partial charge < -0.3 is 15.4 Å². The maximum Gasteiger partial charge on any atom is 0.325 e. The number of halogens is 1. The van der Waals surface area contributed by atoms with Crippen LogP contribution in [0.3, 0.4) is 0 Å². The van der Waals surface area contributed by atoms with Crippen LogP contribution in [0.15, 0.2) is 22.7 Å². The minimum atomic E-state index is -0.226. The Bertz CT molecular complexity index is 532. The number of rotatable bonds is 6. The molecule has 20 heavy (non-hydrogen) atoms. The lowest BCUT2D eigenvalue weighted by Crippen LogP contribution is -2.34. The Hall–Kier alpha value is -1.14. The zero-order valence-electron chi connectivity index (χ0n) is 11.3. The van der Waals surface area contributed by atoms with Gasteiger partial charge in [0.15, 0.2) is 0 Å². The second kappa shape index (κ2) is 6.54. The third kappa shape index (κ3) is 3.70. The first-order valence-electron chi connectivity index (χ1n) is 6.54. The molecule has 0 spiro atoms. The molecule has 1 saturated carbocycles. The van der Waals surface area contributed by atoms with E-state index in [1.807, 2.05) is 23.1 Å². The lowest BCUT2D eigenvalue weighted by Gasteiger charge is -2.26.